The molecule has 0 aliphatic carbocycles. The predicted molar refractivity (Wildman–Crippen MR) is 300 cm³/mol. The second kappa shape index (κ2) is 35.0. The van der Waals surface area contributed by atoms with Gasteiger partial charge in [0.1, 0.15) is 141 Å². The summed E-state index contributed by atoms with van der Waals surface area (Å²) >= 11 is 0. The fourth-order valence-corrected chi connectivity index (χ4v) is 12.2. The lowest BCUT2D eigenvalue weighted by Crippen LogP contribution is -2.73. The lowest BCUT2D eigenvalue weighted by atomic mass is 9.86. The topological polar surface area (TPSA) is 755 Å². The Balaban J connectivity index is 1.43. The quantitative estimate of drug-likeness (QED) is 0.0306. The summed E-state index contributed by atoms with van der Waals surface area (Å²) in [5, 5.41) is 270. The van der Waals surface area contributed by atoms with E-state index in [1.807, 2.05) is 10.6 Å². The molecule has 6 aliphatic heterocycles. The molecular weight excluding hydrogens is 1360 g/mol. The Morgan fingerprint density at radius 3 is 1.24 bits per heavy atom. The molecule has 570 valence electrons. The molecule has 33 atom stereocenters. The number of nitrogens with one attached hydrogen (secondary N) is 4. The molecule has 0 aromatic heterocycles. The fourth-order valence-electron chi connectivity index (χ4n) is 12.2. The highest BCUT2D eigenvalue weighted by Crippen LogP contribution is 2.43. The van der Waals surface area contributed by atoms with E-state index in [-0.39, 0.29) is 0 Å². The highest BCUT2D eigenvalue weighted by Gasteiger charge is 2.65. The molecule has 46 nitrogen and oxygen atoms in total. The van der Waals surface area contributed by atoms with Crippen molar-refractivity contribution in [2.24, 2.45) is 0 Å². The van der Waals surface area contributed by atoms with Gasteiger partial charge in [-0.05, 0) is 0 Å². The SMILES string of the molecule is CC(=O)N[C@H]1[C@H](O[C@@H]2[C@H](O[C@]3(C(=O)O)C[C@H](O)[C@@H](NC(=O)CO)[C@H]([C@H](O)[C@@H](CO)O[C@]4(C(=O)O)C[C@H](O)[C@@H](NC(C)=O)[C@H]([C@H](O)[C@@H](CO)O[C@]5(C(=O)O)C[C@H](O)[C@@H](NC(=O)CO)[C@H]([C@H](O)[C@H](O)CO)O5)O4)O3)[C@@H](O)[C@H](O[C@H]3[C@H](O)[C@@H](O)[C@H](O)O[C@@H]3CO)O[C@@H]2CO)O[C@H](CO)[C@H](O)[C@@H]1O. The van der Waals surface area contributed by atoms with Crippen molar-refractivity contribution in [3.63, 3.8) is 0 Å². The normalized spacial score (nSPS) is 41.5. The molecule has 0 radical (unpaired) electrons. The maximum Gasteiger partial charge on any atom is 0.364 e. The van der Waals surface area contributed by atoms with Crippen molar-refractivity contribution in [3.05, 3.63) is 0 Å². The highest BCUT2D eigenvalue weighted by molar-refractivity contribution is 5.80. The maximum absolute atomic E-state index is 14.0. The third kappa shape index (κ3) is 18.2. The lowest BCUT2D eigenvalue weighted by Gasteiger charge is -2.52. The van der Waals surface area contributed by atoms with Gasteiger partial charge in [-0.3, -0.25) is 19.2 Å². The van der Waals surface area contributed by atoms with Crippen LogP contribution < -0.4 is 21.3 Å². The van der Waals surface area contributed by atoms with Crippen LogP contribution in [0.4, 0.5) is 0 Å². The molecule has 0 aromatic rings. The number of aliphatic hydroxyl groups excluding tert-OH is 21. The first kappa shape index (κ1) is 83.0. The van der Waals surface area contributed by atoms with Crippen molar-refractivity contribution in [2.45, 2.75) is 234 Å². The summed E-state index contributed by atoms with van der Waals surface area (Å²) in [6.07, 6.45) is -66.2. The molecule has 6 rings (SSSR count). The van der Waals surface area contributed by atoms with Gasteiger partial charge in [0.2, 0.25) is 23.6 Å². The number of aliphatic carboxylic acids is 3. The van der Waals surface area contributed by atoms with E-state index in [2.05, 4.69) is 10.6 Å². The Morgan fingerprint density at radius 1 is 0.434 bits per heavy atom. The van der Waals surface area contributed by atoms with E-state index in [0.29, 0.717) is 0 Å². The zero-order valence-corrected chi connectivity index (χ0v) is 52.2. The number of rotatable bonds is 31. The highest BCUT2D eigenvalue weighted by atomic mass is 16.8. The molecule has 28 N–H and O–H groups in total. The standard InChI is InChI=1S/C53H86N4O42/c1-14(66)54-27-16(68)3-52(49(85)86,97-42(27)33(76)21(8-60)94-51(48(83)84)4-17(69)28(56-25(72)12-64)41(96-51)31(74)19(71)6-58)95-22(9-61)34(77)43-29(57-26(73)13-65)18(70)5-53(98-43,50(87)88)99-44-38(81)47(92-39-23(10-62)89-45(82)37(80)36(39)79)91-24(11-63)40(44)93-46-30(55-15(2)67)35(78)32(75)20(7-59)90-46/h16-24,27-47,58-65,68-71,74-82H,3-13H2,1-2H3,(H,54,66)(H,55,67)(H,56,72)(H,57,73)(H,83,84)(H,85,86)(H,87,88)/t16-,17-,18-,19+,20+,21+,22+,23+,24+,27+,28+,29+,30+,31+,32-,33+,34+,35+,36+,37+,38+,39+,40-,41+,42+,43+,44+,45+,46-,47-,51+,52+,53-/m0/s1. The maximum atomic E-state index is 14.0. The van der Waals surface area contributed by atoms with Gasteiger partial charge < -0.3 is 196 Å². The largest absolute Gasteiger partial charge is 0.477 e. The molecule has 6 heterocycles. The Bertz CT molecular complexity index is 2710. The first-order valence-corrected chi connectivity index (χ1v) is 30.3. The van der Waals surface area contributed by atoms with Crippen LogP contribution in [0.2, 0.25) is 0 Å². The average molecular weight is 1450 g/mol. The van der Waals surface area contributed by atoms with Gasteiger partial charge in [0.25, 0.3) is 17.4 Å². The van der Waals surface area contributed by atoms with Gasteiger partial charge in [0.15, 0.2) is 18.9 Å². The Morgan fingerprint density at radius 2 is 0.828 bits per heavy atom. The third-order valence-corrected chi connectivity index (χ3v) is 17.2. The number of carboxylic acids is 3. The minimum atomic E-state index is -3.74. The van der Waals surface area contributed by atoms with E-state index in [1.165, 1.54) is 0 Å². The molecule has 46 heteroatoms. The Hall–Kier alpha value is -4.99. The first-order chi connectivity index (χ1) is 46.4. The number of hydrogen-bond donors (Lipinski definition) is 28. The van der Waals surface area contributed by atoms with Crippen LogP contribution in [0.3, 0.4) is 0 Å². The summed E-state index contributed by atoms with van der Waals surface area (Å²) in [6.45, 7) is -9.25. The van der Waals surface area contributed by atoms with Crippen molar-refractivity contribution in [1.82, 2.24) is 21.3 Å². The van der Waals surface area contributed by atoms with Crippen LogP contribution in [-0.2, 0) is 85.7 Å². The molecule has 0 saturated carbocycles. The zero-order valence-electron chi connectivity index (χ0n) is 52.2. The molecule has 0 spiro atoms. The molecule has 0 bridgehead atoms. The van der Waals surface area contributed by atoms with Crippen LogP contribution in [0.15, 0.2) is 0 Å². The van der Waals surface area contributed by atoms with Gasteiger partial charge >= 0.3 is 17.9 Å². The van der Waals surface area contributed by atoms with Crippen LogP contribution in [0, 0.1) is 0 Å². The number of carboxylic acid groups (broad SMARTS) is 3. The summed E-state index contributed by atoms with van der Waals surface area (Å²) in [6, 6.07) is -8.31. The minimum absolute atomic E-state index is 0.806. The smallest absolute Gasteiger partial charge is 0.364 e. The van der Waals surface area contributed by atoms with E-state index in [0.717, 1.165) is 13.8 Å². The van der Waals surface area contributed by atoms with Crippen molar-refractivity contribution >= 4 is 41.5 Å². The molecule has 99 heavy (non-hydrogen) atoms. The second-order valence-electron chi connectivity index (χ2n) is 24.0. The summed E-state index contributed by atoms with van der Waals surface area (Å²) in [7, 11) is 0. The summed E-state index contributed by atoms with van der Waals surface area (Å²) in [4.78, 5) is 91.3. The lowest BCUT2D eigenvalue weighted by molar-refractivity contribution is -0.401. The van der Waals surface area contributed by atoms with Gasteiger partial charge in [0.05, 0.1) is 76.1 Å². The summed E-state index contributed by atoms with van der Waals surface area (Å²) in [5.41, 5.74) is 0. The first-order valence-electron chi connectivity index (χ1n) is 30.3. The van der Waals surface area contributed by atoms with Gasteiger partial charge in [-0.25, -0.2) is 14.4 Å². The zero-order chi connectivity index (χ0) is 74.2. The van der Waals surface area contributed by atoms with E-state index in [4.69, 9.17) is 52.1 Å². The van der Waals surface area contributed by atoms with E-state index >= 15 is 0 Å². The van der Waals surface area contributed by atoms with Crippen LogP contribution in [0.1, 0.15) is 33.1 Å². The van der Waals surface area contributed by atoms with Crippen LogP contribution in [0.5, 0.6) is 0 Å². The predicted octanol–water partition coefficient (Wildman–Crippen LogP) is -18.0. The molecule has 6 saturated heterocycles. The van der Waals surface area contributed by atoms with Gasteiger partial charge in [-0.1, -0.05) is 0 Å². The third-order valence-electron chi connectivity index (χ3n) is 17.2. The van der Waals surface area contributed by atoms with Gasteiger partial charge in [0, 0.05) is 33.1 Å². The van der Waals surface area contributed by atoms with Crippen LogP contribution in [0.25, 0.3) is 0 Å². The van der Waals surface area contributed by atoms with Crippen LogP contribution in [-0.4, -0.2) is 418 Å². The molecule has 6 fully saturated rings. The number of hydrogen-bond acceptors (Lipinski definition) is 39. The number of aliphatic hydroxyl groups is 21. The number of carbonyl (C=O) groups is 7. The molecular formula is C53H86N4O42. The van der Waals surface area contributed by atoms with Gasteiger partial charge in [-0.15, -0.1) is 0 Å². The van der Waals surface area contributed by atoms with Crippen molar-refractivity contribution in [1.29, 1.82) is 0 Å². The van der Waals surface area contributed by atoms with E-state index in [1.54, 1.807) is 0 Å². The van der Waals surface area contributed by atoms with Crippen molar-refractivity contribution in [3.8, 4) is 0 Å². The molecule has 0 aromatic carbocycles. The van der Waals surface area contributed by atoms with Crippen LogP contribution >= 0.6 is 0 Å². The minimum Gasteiger partial charge on any atom is -0.477 e. The fraction of sp³-hybridized carbons (Fsp3) is 0.868. The molecule has 4 amide bonds. The molecule has 6 aliphatic rings. The van der Waals surface area contributed by atoms with E-state index in [9.17, 15) is 156 Å². The van der Waals surface area contributed by atoms with Crippen molar-refractivity contribution in [2.75, 3.05) is 52.9 Å². The van der Waals surface area contributed by atoms with E-state index < -0.39 is 314 Å². The number of ether oxygens (including phenoxy) is 11. The Labute approximate surface area is 556 Å². The summed E-state index contributed by atoms with van der Waals surface area (Å²) in [5.74, 6) is -22.8. The monoisotopic (exact) mass is 1450 g/mol. The second-order valence-corrected chi connectivity index (χ2v) is 24.0. The number of amides is 4. The molecule has 0 unspecified atom stereocenters. The average Bonchev–Trinajstić information content (AvgIpc) is 0.749. The number of carbonyl (C=O) groups excluding carboxylic acids is 4. The summed E-state index contributed by atoms with van der Waals surface area (Å²) < 4.78 is 62.9. The van der Waals surface area contributed by atoms with Crippen molar-refractivity contribution < 1.29 is 208 Å². The Kier molecular flexibility index (Phi) is 29.3. The van der Waals surface area contributed by atoms with Gasteiger partial charge in [-0.2, -0.15) is 0 Å².